The van der Waals surface area contributed by atoms with Gasteiger partial charge >= 0.3 is 0 Å². The fourth-order valence-corrected chi connectivity index (χ4v) is 2.33. The maximum Gasteiger partial charge on any atom is 0.272 e. The van der Waals surface area contributed by atoms with Crippen LogP contribution in [-0.2, 0) is 13.5 Å². The number of oxazole rings is 1. The van der Waals surface area contributed by atoms with Crippen LogP contribution in [0.5, 0.6) is 0 Å². The Labute approximate surface area is 121 Å². The van der Waals surface area contributed by atoms with Crippen molar-refractivity contribution in [1.29, 1.82) is 0 Å². The van der Waals surface area contributed by atoms with E-state index in [-0.39, 0.29) is 5.91 Å². The van der Waals surface area contributed by atoms with Gasteiger partial charge in [-0.3, -0.25) is 9.48 Å². The highest BCUT2D eigenvalue weighted by molar-refractivity contribution is 6.04. The van der Waals surface area contributed by atoms with Gasteiger partial charge in [-0.2, -0.15) is 5.10 Å². The van der Waals surface area contributed by atoms with Gasteiger partial charge in [0.05, 0.1) is 11.2 Å². The number of carbonyl (C=O) groups is 1. The number of carbonyl (C=O) groups excluding carboxylic acids is 1. The van der Waals surface area contributed by atoms with Crippen molar-refractivity contribution in [2.75, 3.05) is 6.54 Å². The van der Waals surface area contributed by atoms with Gasteiger partial charge in [-0.15, -0.1) is 0 Å². The van der Waals surface area contributed by atoms with Crippen LogP contribution < -0.4 is 5.32 Å². The third-order valence-electron chi connectivity index (χ3n) is 3.46. The van der Waals surface area contributed by atoms with Gasteiger partial charge in [0.15, 0.2) is 12.1 Å². The summed E-state index contributed by atoms with van der Waals surface area (Å²) in [5.74, 6) is 0.612. The Morgan fingerprint density at radius 3 is 2.95 bits per heavy atom. The molecule has 2 heterocycles. The number of hydrogen-bond acceptors (Lipinski definition) is 4. The summed E-state index contributed by atoms with van der Waals surface area (Å²) in [6.45, 7) is 2.35. The van der Waals surface area contributed by atoms with E-state index in [0.29, 0.717) is 18.7 Å². The Morgan fingerprint density at radius 1 is 1.38 bits per heavy atom. The average Bonchev–Trinajstić information content (AvgIpc) is 3.04. The van der Waals surface area contributed by atoms with E-state index in [9.17, 15) is 4.79 Å². The first kappa shape index (κ1) is 13.4. The van der Waals surface area contributed by atoms with E-state index in [0.717, 1.165) is 22.4 Å². The first-order valence-corrected chi connectivity index (χ1v) is 6.75. The number of nitrogens with zero attached hydrogens (tertiary/aromatic N) is 3. The monoisotopic (exact) mass is 284 g/mol. The Balaban J connectivity index is 1.71. The highest BCUT2D eigenvalue weighted by atomic mass is 16.3. The molecule has 0 fully saturated rings. The molecule has 0 atom stereocenters. The van der Waals surface area contributed by atoms with Crippen LogP contribution in [-0.4, -0.2) is 27.2 Å². The lowest BCUT2D eigenvalue weighted by molar-refractivity contribution is 0.0950. The highest BCUT2D eigenvalue weighted by Crippen LogP contribution is 2.17. The molecule has 0 spiro atoms. The molecule has 0 aliphatic heterocycles. The zero-order valence-corrected chi connectivity index (χ0v) is 12.0. The minimum Gasteiger partial charge on any atom is -0.449 e. The largest absolute Gasteiger partial charge is 0.449 e. The molecule has 1 N–H and O–H groups in total. The standard InChI is InChI=1S/C15H16N4O2/c1-10-12(17-9-21-10)7-8-16-15(20)14-11-5-3-4-6-13(11)19(2)18-14/h3-6,9H,7-8H2,1-2H3,(H,16,20). The number of amides is 1. The maximum absolute atomic E-state index is 12.3. The number of benzene rings is 1. The molecule has 6 heteroatoms. The van der Waals surface area contributed by atoms with Gasteiger partial charge in [-0.1, -0.05) is 18.2 Å². The predicted octanol–water partition coefficient (Wildman–Crippen LogP) is 1.84. The quantitative estimate of drug-likeness (QED) is 0.793. The van der Waals surface area contributed by atoms with Crippen molar-refractivity contribution in [3.05, 3.63) is 47.8 Å². The van der Waals surface area contributed by atoms with E-state index in [4.69, 9.17) is 4.42 Å². The van der Waals surface area contributed by atoms with Crippen LogP contribution in [0.25, 0.3) is 10.9 Å². The van der Waals surface area contributed by atoms with Gasteiger partial charge in [0, 0.05) is 25.4 Å². The summed E-state index contributed by atoms with van der Waals surface area (Å²) in [5, 5.41) is 8.02. The summed E-state index contributed by atoms with van der Waals surface area (Å²) < 4.78 is 6.84. The van der Waals surface area contributed by atoms with E-state index in [1.54, 1.807) is 4.68 Å². The Bertz CT molecular complexity index is 788. The van der Waals surface area contributed by atoms with E-state index in [2.05, 4.69) is 15.4 Å². The van der Waals surface area contributed by atoms with Crippen molar-refractivity contribution < 1.29 is 9.21 Å². The number of aromatic nitrogens is 3. The lowest BCUT2D eigenvalue weighted by Gasteiger charge is -2.02. The molecule has 6 nitrogen and oxygen atoms in total. The maximum atomic E-state index is 12.3. The van der Waals surface area contributed by atoms with Crippen molar-refractivity contribution >= 4 is 16.8 Å². The molecule has 108 valence electrons. The van der Waals surface area contributed by atoms with Crippen LogP contribution in [0, 0.1) is 6.92 Å². The lowest BCUT2D eigenvalue weighted by Crippen LogP contribution is -2.26. The van der Waals surface area contributed by atoms with Crippen LogP contribution in [0.3, 0.4) is 0 Å². The normalized spacial score (nSPS) is 11.0. The number of aryl methyl sites for hydroxylation is 2. The Kier molecular flexibility index (Phi) is 3.43. The molecule has 1 amide bonds. The topological polar surface area (TPSA) is 73.0 Å². The van der Waals surface area contributed by atoms with Gasteiger partial charge in [0.1, 0.15) is 5.76 Å². The number of para-hydroxylation sites is 1. The lowest BCUT2D eigenvalue weighted by atomic mass is 10.2. The molecular weight excluding hydrogens is 268 g/mol. The summed E-state index contributed by atoms with van der Waals surface area (Å²) in [6, 6.07) is 7.68. The smallest absolute Gasteiger partial charge is 0.272 e. The summed E-state index contributed by atoms with van der Waals surface area (Å²) >= 11 is 0. The summed E-state index contributed by atoms with van der Waals surface area (Å²) in [5.41, 5.74) is 2.25. The second-order valence-corrected chi connectivity index (χ2v) is 4.85. The van der Waals surface area contributed by atoms with E-state index in [1.807, 2.05) is 38.2 Å². The van der Waals surface area contributed by atoms with Crippen molar-refractivity contribution in [2.24, 2.45) is 7.05 Å². The Morgan fingerprint density at radius 2 is 2.19 bits per heavy atom. The molecule has 0 unspecified atom stereocenters. The van der Waals surface area contributed by atoms with Crippen LogP contribution in [0.15, 0.2) is 35.1 Å². The molecule has 0 saturated carbocycles. The molecule has 3 rings (SSSR count). The molecule has 0 aliphatic rings. The van der Waals surface area contributed by atoms with Crippen molar-refractivity contribution in [3.8, 4) is 0 Å². The zero-order chi connectivity index (χ0) is 14.8. The van der Waals surface area contributed by atoms with E-state index < -0.39 is 0 Å². The second kappa shape index (κ2) is 5.40. The summed E-state index contributed by atoms with van der Waals surface area (Å²) in [4.78, 5) is 16.4. The summed E-state index contributed by atoms with van der Waals surface area (Å²) in [6.07, 6.45) is 2.05. The molecule has 2 aromatic heterocycles. The number of hydrogen-bond donors (Lipinski definition) is 1. The Hall–Kier alpha value is -2.63. The van der Waals surface area contributed by atoms with Crippen molar-refractivity contribution in [1.82, 2.24) is 20.1 Å². The van der Waals surface area contributed by atoms with Crippen LogP contribution in [0.4, 0.5) is 0 Å². The van der Waals surface area contributed by atoms with Crippen LogP contribution in [0.1, 0.15) is 21.9 Å². The van der Waals surface area contributed by atoms with Gasteiger partial charge in [0.2, 0.25) is 0 Å². The third-order valence-corrected chi connectivity index (χ3v) is 3.46. The molecule has 0 saturated heterocycles. The van der Waals surface area contributed by atoms with Gasteiger partial charge in [-0.05, 0) is 13.0 Å². The van der Waals surface area contributed by atoms with Gasteiger partial charge < -0.3 is 9.73 Å². The molecule has 0 bridgehead atoms. The van der Waals surface area contributed by atoms with Crippen LogP contribution >= 0.6 is 0 Å². The van der Waals surface area contributed by atoms with Gasteiger partial charge in [0.25, 0.3) is 5.91 Å². The SMILES string of the molecule is Cc1ocnc1CCNC(=O)c1nn(C)c2ccccc12. The summed E-state index contributed by atoms with van der Waals surface area (Å²) in [7, 11) is 1.83. The fraction of sp³-hybridized carbons (Fsp3) is 0.267. The minimum atomic E-state index is -0.173. The van der Waals surface area contributed by atoms with E-state index in [1.165, 1.54) is 6.39 Å². The first-order valence-electron chi connectivity index (χ1n) is 6.75. The molecule has 3 aromatic rings. The van der Waals surface area contributed by atoms with Crippen molar-refractivity contribution in [2.45, 2.75) is 13.3 Å². The zero-order valence-electron chi connectivity index (χ0n) is 12.0. The molecule has 21 heavy (non-hydrogen) atoms. The number of nitrogens with one attached hydrogen (secondary N) is 1. The molecular formula is C15H16N4O2. The average molecular weight is 284 g/mol. The third kappa shape index (κ3) is 2.52. The number of fused-ring (bicyclic) bond motifs is 1. The minimum absolute atomic E-state index is 0.173. The van der Waals surface area contributed by atoms with Crippen molar-refractivity contribution in [3.63, 3.8) is 0 Å². The molecule has 1 aromatic carbocycles. The number of rotatable bonds is 4. The first-order chi connectivity index (χ1) is 10.2. The predicted molar refractivity (Wildman–Crippen MR) is 78.0 cm³/mol. The highest BCUT2D eigenvalue weighted by Gasteiger charge is 2.15. The van der Waals surface area contributed by atoms with Gasteiger partial charge in [-0.25, -0.2) is 4.98 Å². The molecule has 0 radical (unpaired) electrons. The van der Waals surface area contributed by atoms with E-state index >= 15 is 0 Å². The fourth-order valence-electron chi connectivity index (χ4n) is 2.33. The second-order valence-electron chi connectivity index (χ2n) is 4.85. The van der Waals surface area contributed by atoms with Crippen LogP contribution in [0.2, 0.25) is 0 Å². The molecule has 0 aliphatic carbocycles.